The van der Waals surface area contributed by atoms with Crippen molar-refractivity contribution in [2.24, 2.45) is 0 Å². The molecule has 27 heavy (non-hydrogen) atoms. The summed E-state index contributed by atoms with van der Waals surface area (Å²) in [7, 11) is 0. The first-order valence-corrected chi connectivity index (χ1v) is 8.16. The van der Waals surface area contributed by atoms with Crippen molar-refractivity contribution in [2.75, 3.05) is 11.1 Å². The summed E-state index contributed by atoms with van der Waals surface area (Å²) in [5, 5.41) is 2.54. The number of carbonyl (C=O) groups is 3. The molecule has 4 rings (SSSR count). The monoisotopic (exact) mass is 360 g/mol. The Morgan fingerprint density at radius 3 is 2.19 bits per heavy atom. The van der Waals surface area contributed by atoms with Crippen LogP contribution in [-0.4, -0.2) is 17.5 Å². The van der Waals surface area contributed by atoms with Crippen molar-refractivity contribution >= 4 is 28.8 Å². The van der Waals surface area contributed by atoms with Gasteiger partial charge in [-0.05, 0) is 24.3 Å². The minimum Gasteiger partial charge on any atom is -0.398 e. The Morgan fingerprint density at radius 2 is 1.44 bits per heavy atom. The van der Waals surface area contributed by atoms with E-state index in [1.165, 1.54) is 42.5 Å². The highest BCUT2D eigenvalue weighted by Crippen LogP contribution is 2.34. The van der Waals surface area contributed by atoms with Crippen molar-refractivity contribution < 1.29 is 18.8 Å². The molecule has 0 bridgehead atoms. The molecule has 5 nitrogen and oxygen atoms in total. The first-order chi connectivity index (χ1) is 13.0. The Morgan fingerprint density at radius 1 is 0.815 bits per heavy atom. The molecule has 0 aliphatic heterocycles. The van der Waals surface area contributed by atoms with Gasteiger partial charge in [0.1, 0.15) is 5.82 Å². The number of benzene rings is 3. The summed E-state index contributed by atoms with van der Waals surface area (Å²) in [5.74, 6) is -2.20. The van der Waals surface area contributed by atoms with Crippen LogP contribution >= 0.6 is 0 Å². The van der Waals surface area contributed by atoms with E-state index in [-0.39, 0.29) is 45.0 Å². The van der Waals surface area contributed by atoms with Crippen molar-refractivity contribution in [3.05, 3.63) is 94.3 Å². The van der Waals surface area contributed by atoms with E-state index in [0.717, 1.165) is 0 Å². The van der Waals surface area contributed by atoms with Crippen molar-refractivity contribution in [3.63, 3.8) is 0 Å². The molecule has 0 spiro atoms. The van der Waals surface area contributed by atoms with E-state index >= 15 is 0 Å². The number of amides is 1. The number of anilines is 2. The molecule has 6 heteroatoms. The number of ketones is 2. The molecule has 1 amide bonds. The molecule has 0 saturated heterocycles. The van der Waals surface area contributed by atoms with Crippen LogP contribution in [0.5, 0.6) is 0 Å². The Bertz CT molecular complexity index is 1140. The lowest BCUT2D eigenvalue weighted by molar-refractivity contribution is 0.0979. The van der Waals surface area contributed by atoms with E-state index < -0.39 is 17.5 Å². The molecule has 0 heterocycles. The Balaban J connectivity index is 1.81. The van der Waals surface area contributed by atoms with Gasteiger partial charge in [0, 0.05) is 16.8 Å². The van der Waals surface area contributed by atoms with Gasteiger partial charge < -0.3 is 11.1 Å². The van der Waals surface area contributed by atoms with Gasteiger partial charge in [-0.2, -0.15) is 0 Å². The van der Waals surface area contributed by atoms with E-state index in [1.807, 2.05) is 0 Å². The third-order valence-corrected chi connectivity index (χ3v) is 4.47. The van der Waals surface area contributed by atoms with Crippen LogP contribution in [0.4, 0.5) is 15.8 Å². The topological polar surface area (TPSA) is 89.3 Å². The maximum absolute atomic E-state index is 13.9. The van der Waals surface area contributed by atoms with Gasteiger partial charge >= 0.3 is 0 Å². The molecule has 0 saturated carbocycles. The van der Waals surface area contributed by atoms with Gasteiger partial charge in [0.2, 0.25) is 0 Å². The molecule has 1 aliphatic carbocycles. The van der Waals surface area contributed by atoms with E-state index in [1.54, 1.807) is 18.2 Å². The number of nitrogens with one attached hydrogen (secondary N) is 1. The predicted octanol–water partition coefficient (Wildman–Crippen LogP) is 3.44. The van der Waals surface area contributed by atoms with Gasteiger partial charge in [0.05, 0.1) is 22.4 Å². The lowest BCUT2D eigenvalue weighted by atomic mass is 9.82. The number of halogens is 1. The fourth-order valence-electron chi connectivity index (χ4n) is 3.21. The molecule has 3 N–H and O–H groups in total. The van der Waals surface area contributed by atoms with Crippen LogP contribution in [0, 0.1) is 5.82 Å². The van der Waals surface area contributed by atoms with Crippen LogP contribution < -0.4 is 11.1 Å². The van der Waals surface area contributed by atoms with Crippen LogP contribution in [-0.2, 0) is 0 Å². The SMILES string of the molecule is Nc1cccc2c1C(=O)c1cccc(NC(=O)c3ccccc3F)c1C2=O. The Labute approximate surface area is 153 Å². The van der Waals surface area contributed by atoms with E-state index in [4.69, 9.17) is 5.73 Å². The maximum atomic E-state index is 13.9. The van der Waals surface area contributed by atoms with Crippen molar-refractivity contribution in [1.82, 2.24) is 0 Å². The summed E-state index contributed by atoms with van der Waals surface area (Å²) in [4.78, 5) is 38.3. The molecular weight excluding hydrogens is 347 g/mol. The van der Waals surface area contributed by atoms with Gasteiger partial charge in [0.25, 0.3) is 5.91 Å². The minimum absolute atomic E-state index is 0.0743. The third-order valence-electron chi connectivity index (χ3n) is 4.47. The summed E-state index contributed by atoms with van der Waals surface area (Å²) < 4.78 is 13.9. The highest BCUT2D eigenvalue weighted by Gasteiger charge is 2.33. The molecule has 0 unspecified atom stereocenters. The quantitative estimate of drug-likeness (QED) is 0.536. The predicted molar refractivity (Wildman–Crippen MR) is 98.5 cm³/mol. The van der Waals surface area contributed by atoms with E-state index in [9.17, 15) is 18.8 Å². The molecule has 0 aromatic heterocycles. The number of hydrogen-bond acceptors (Lipinski definition) is 4. The smallest absolute Gasteiger partial charge is 0.258 e. The average molecular weight is 360 g/mol. The zero-order valence-corrected chi connectivity index (χ0v) is 14.0. The second-order valence-corrected chi connectivity index (χ2v) is 6.09. The standard InChI is InChI=1S/C21H13FN2O3/c22-14-8-2-1-5-11(14)21(27)24-16-10-4-7-13-18(16)20(26)12-6-3-9-15(23)17(12)19(13)25/h1-10H,23H2,(H,24,27). The van der Waals surface area contributed by atoms with E-state index in [2.05, 4.69) is 5.32 Å². The normalized spacial score (nSPS) is 12.3. The molecular formula is C21H13FN2O3. The van der Waals surface area contributed by atoms with Gasteiger partial charge in [0.15, 0.2) is 11.6 Å². The van der Waals surface area contributed by atoms with Gasteiger partial charge in [-0.25, -0.2) is 4.39 Å². The molecule has 132 valence electrons. The fourth-order valence-corrected chi connectivity index (χ4v) is 3.21. The molecule has 3 aromatic carbocycles. The number of fused-ring (bicyclic) bond motifs is 2. The van der Waals surface area contributed by atoms with Crippen LogP contribution in [0.15, 0.2) is 60.7 Å². The molecule has 3 aromatic rings. The first kappa shape index (κ1) is 16.7. The Hall–Kier alpha value is -3.80. The lowest BCUT2D eigenvalue weighted by Crippen LogP contribution is -2.25. The van der Waals surface area contributed by atoms with Gasteiger partial charge in [-0.1, -0.05) is 36.4 Å². The fraction of sp³-hybridized carbons (Fsp3) is 0. The second-order valence-electron chi connectivity index (χ2n) is 6.09. The maximum Gasteiger partial charge on any atom is 0.258 e. The van der Waals surface area contributed by atoms with Gasteiger partial charge in [-0.15, -0.1) is 0 Å². The summed E-state index contributed by atoms with van der Waals surface area (Å²) >= 11 is 0. The zero-order chi connectivity index (χ0) is 19.1. The minimum atomic E-state index is -0.708. The van der Waals surface area contributed by atoms with Crippen LogP contribution in [0.25, 0.3) is 0 Å². The number of carbonyl (C=O) groups excluding carboxylic acids is 3. The second kappa shape index (κ2) is 6.17. The van der Waals surface area contributed by atoms with Crippen molar-refractivity contribution in [3.8, 4) is 0 Å². The largest absolute Gasteiger partial charge is 0.398 e. The lowest BCUT2D eigenvalue weighted by Gasteiger charge is -2.21. The van der Waals surface area contributed by atoms with E-state index in [0.29, 0.717) is 0 Å². The molecule has 0 fully saturated rings. The number of rotatable bonds is 2. The van der Waals surface area contributed by atoms with Crippen LogP contribution in [0.1, 0.15) is 42.2 Å². The van der Waals surface area contributed by atoms with Crippen molar-refractivity contribution in [2.45, 2.75) is 0 Å². The van der Waals surface area contributed by atoms with Crippen LogP contribution in [0.2, 0.25) is 0 Å². The summed E-state index contributed by atoms with van der Waals surface area (Å²) in [6, 6.07) is 14.7. The highest BCUT2D eigenvalue weighted by molar-refractivity contribution is 6.32. The first-order valence-electron chi connectivity index (χ1n) is 8.16. The molecule has 0 atom stereocenters. The molecule has 1 aliphatic rings. The van der Waals surface area contributed by atoms with Crippen LogP contribution in [0.3, 0.4) is 0 Å². The highest BCUT2D eigenvalue weighted by atomic mass is 19.1. The molecule has 0 radical (unpaired) electrons. The van der Waals surface area contributed by atoms with Crippen molar-refractivity contribution in [1.29, 1.82) is 0 Å². The number of nitrogens with two attached hydrogens (primary N) is 1. The summed E-state index contributed by atoms with van der Waals surface area (Å²) in [6.45, 7) is 0. The summed E-state index contributed by atoms with van der Waals surface area (Å²) in [6.07, 6.45) is 0. The zero-order valence-electron chi connectivity index (χ0n) is 14.0. The average Bonchev–Trinajstić information content (AvgIpc) is 2.66. The number of hydrogen-bond donors (Lipinski definition) is 2. The Kier molecular flexibility index (Phi) is 3.81. The summed E-state index contributed by atoms with van der Waals surface area (Å²) in [5.41, 5.74) is 6.65. The number of nitrogen functional groups attached to an aromatic ring is 1. The van der Waals surface area contributed by atoms with Gasteiger partial charge in [-0.3, -0.25) is 14.4 Å². The third kappa shape index (κ3) is 2.58.